The summed E-state index contributed by atoms with van der Waals surface area (Å²) in [6.45, 7) is 3.73. The largest absolute Gasteiger partial charge is 0.508 e. The zero-order valence-corrected chi connectivity index (χ0v) is 18.0. The lowest BCUT2D eigenvalue weighted by molar-refractivity contribution is -0.132. The van der Waals surface area contributed by atoms with Gasteiger partial charge in [0.25, 0.3) is 11.7 Å². The fourth-order valence-electron chi connectivity index (χ4n) is 4.03. The van der Waals surface area contributed by atoms with Crippen LogP contribution in [0.5, 0.6) is 11.5 Å². The average Bonchev–Trinajstić information content (AvgIpc) is 3.04. The van der Waals surface area contributed by atoms with E-state index >= 15 is 0 Å². The first kappa shape index (κ1) is 21.2. The summed E-state index contributed by atoms with van der Waals surface area (Å²) in [7, 11) is 1.56. The van der Waals surface area contributed by atoms with Crippen molar-refractivity contribution >= 4 is 23.1 Å². The van der Waals surface area contributed by atoms with Crippen molar-refractivity contribution in [1.82, 2.24) is 0 Å². The van der Waals surface area contributed by atoms with Gasteiger partial charge in [-0.1, -0.05) is 24.3 Å². The number of nitrogens with zero attached hydrogens (tertiary/aromatic N) is 1. The second-order valence-electron chi connectivity index (χ2n) is 7.78. The fourth-order valence-corrected chi connectivity index (χ4v) is 4.03. The molecule has 0 spiro atoms. The summed E-state index contributed by atoms with van der Waals surface area (Å²) in [5.41, 5.74) is 3.26. The van der Waals surface area contributed by atoms with Crippen LogP contribution in [0.25, 0.3) is 5.76 Å². The highest BCUT2D eigenvalue weighted by Crippen LogP contribution is 2.42. The number of hydrogen-bond donors (Lipinski definition) is 2. The predicted molar refractivity (Wildman–Crippen MR) is 122 cm³/mol. The minimum Gasteiger partial charge on any atom is -0.508 e. The molecule has 3 aromatic rings. The lowest BCUT2D eigenvalue weighted by Crippen LogP contribution is -2.29. The van der Waals surface area contributed by atoms with Crippen LogP contribution in [0.1, 0.15) is 28.3 Å². The molecule has 1 fully saturated rings. The van der Waals surface area contributed by atoms with E-state index in [4.69, 9.17) is 4.74 Å². The normalized spacial score (nSPS) is 17.6. The van der Waals surface area contributed by atoms with Crippen LogP contribution in [0.2, 0.25) is 0 Å². The minimum absolute atomic E-state index is 0.00763. The number of hydrogen-bond acceptors (Lipinski definition) is 5. The number of aliphatic hydroxyl groups is 1. The van der Waals surface area contributed by atoms with E-state index < -0.39 is 17.7 Å². The first-order valence-electron chi connectivity index (χ1n) is 10.1. The highest BCUT2D eigenvalue weighted by atomic mass is 16.5. The number of aliphatic hydroxyl groups excluding tert-OH is 1. The number of anilines is 1. The number of carbonyl (C=O) groups excluding carboxylic acids is 2. The summed E-state index contributed by atoms with van der Waals surface area (Å²) in [6, 6.07) is 17.8. The van der Waals surface area contributed by atoms with Gasteiger partial charge >= 0.3 is 0 Å². The molecule has 1 saturated heterocycles. The van der Waals surface area contributed by atoms with Crippen molar-refractivity contribution < 1.29 is 24.5 Å². The molecule has 2 N–H and O–H groups in total. The Kier molecular flexibility index (Phi) is 5.45. The van der Waals surface area contributed by atoms with Crippen molar-refractivity contribution in [2.45, 2.75) is 19.9 Å². The monoisotopic (exact) mass is 429 g/mol. The zero-order valence-electron chi connectivity index (χ0n) is 18.0. The smallest absolute Gasteiger partial charge is 0.300 e. The lowest BCUT2D eigenvalue weighted by atomic mass is 9.94. The standard InChI is InChI=1S/C26H23NO5/c1-15-5-4-6-19(13-15)27-23(17-7-10-20(28)11-8-17)22(25(30)26(27)31)24(29)18-9-12-21(32-3)16(2)14-18/h4-14,23,28-29H,1-3H3/b24-22-. The van der Waals surface area contributed by atoms with Crippen molar-refractivity contribution in [1.29, 1.82) is 0 Å². The summed E-state index contributed by atoms with van der Waals surface area (Å²) < 4.78 is 5.28. The van der Waals surface area contributed by atoms with Crippen molar-refractivity contribution in [2.24, 2.45) is 0 Å². The third kappa shape index (κ3) is 3.60. The Balaban J connectivity index is 1.94. The van der Waals surface area contributed by atoms with Crippen LogP contribution >= 0.6 is 0 Å². The number of aryl methyl sites for hydroxylation is 2. The Morgan fingerprint density at radius 3 is 2.31 bits per heavy atom. The van der Waals surface area contributed by atoms with Crippen LogP contribution in [0.3, 0.4) is 0 Å². The highest BCUT2D eigenvalue weighted by molar-refractivity contribution is 6.51. The molecule has 1 amide bonds. The molecule has 1 unspecified atom stereocenters. The van der Waals surface area contributed by atoms with E-state index in [9.17, 15) is 19.8 Å². The summed E-state index contributed by atoms with van der Waals surface area (Å²) in [5.74, 6) is -1.04. The van der Waals surface area contributed by atoms with Gasteiger partial charge in [-0.3, -0.25) is 14.5 Å². The molecule has 6 heteroatoms. The van der Waals surface area contributed by atoms with E-state index in [0.717, 1.165) is 11.1 Å². The number of amides is 1. The molecule has 0 saturated carbocycles. The Labute approximate surface area is 186 Å². The number of rotatable bonds is 4. The molecule has 1 heterocycles. The zero-order chi connectivity index (χ0) is 23.0. The molecule has 6 nitrogen and oxygen atoms in total. The number of Topliss-reactive ketones (excluding diaryl/α,β-unsaturated/α-hetero) is 1. The molecule has 0 bridgehead atoms. The van der Waals surface area contributed by atoms with Crippen LogP contribution in [-0.2, 0) is 9.59 Å². The van der Waals surface area contributed by atoms with Gasteiger partial charge in [0.15, 0.2) is 0 Å². The minimum atomic E-state index is -0.847. The number of ketones is 1. The number of methoxy groups -OCH3 is 1. The number of carbonyl (C=O) groups is 2. The van der Waals surface area contributed by atoms with Gasteiger partial charge < -0.3 is 14.9 Å². The van der Waals surface area contributed by atoms with Crippen LogP contribution in [-0.4, -0.2) is 29.0 Å². The van der Waals surface area contributed by atoms with Gasteiger partial charge in [-0.15, -0.1) is 0 Å². The van der Waals surface area contributed by atoms with Gasteiger partial charge in [-0.05, 0) is 73.0 Å². The van der Waals surface area contributed by atoms with Gasteiger partial charge in [-0.25, -0.2) is 0 Å². The maximum atomic E-state index is 13.2. The van der Waals surface area contributed by atoms with E-state index in [1.54, 1.807) is 43.5 Å². The number of benzene rings is 3. The summed E-state index contributed by atoms with van der Waals surface area (Å²) >= 11 is 0. The van der Waals surface area contributed by atoms with Crippen molar-refractivity contribution in [3.8, 4) is 11.5 Å². The quantitative estimate of drug-likeness (QED) is 0.358. The first-order valence-corrected chi connectivity index (χ1v) is 10.1. The summed E-state index contributed by atoms with van der Waals surface area (Å²) in [5, 5.41) is 20.9. The van der Waals surface area contributed by atoms with Crippen LogP contribution in [0.4, 0.5) is 5.69 Å². The number of phenolic OH excluding ortho intramolecular Hbond substituents is 1. The Bertz CT molecular complexity index is 1240. The molecule has 0 aromatic heterocycles. The maximum absolute atomic E-state index is 13.2. The molecule has 1 atom stereocenters. The molecular weight excluding hydrogens is 406 g/mol. The molecule has 0 radical (unpaired) electrons. The molecule has 4 rings (SSSR count). The van der Waals surface area contributed by atoms with E-state index in [1.165, 1.54) is 17.0 Å². The lowest BCUT2D eigenvalue weighted by Gasteiger charge is -2.25. The Hall–Kier alpha value is -4.06. The van der Waals surface area contributed by atoms with Crippen molar-refractivity contribution in [3.63, 3.8) is 0 Å². The van der Waals surface area contributed by atoms with Crippen LogP contribution < -0.4 is 9.64 Å². The summed E-state index contributed by atoms with van der Waals surface area (Å²) in [4.78, 5) is 27.7. The molecular formula is C26H23NO5. The highest BCUT2D eigenvalue weighted by Gasteiger charge is 2.47. The van der Waals surface area contributed by atoms with Gasteiger partial charge in [0.1, 0.15) is 17.3 Å². The maximum Gasteiger partial charge on any atom is 0.300 e. The van der Waals surface area contributed by atoms with Gasteiger partial charge in [0, 0.05) is 11.3 Å². The molecule has 162 valence electrons. The molecule has 3 aromatic carbocycles. The Morgan fingerprint density at radius 1 is 0.969 bits per heavy atom. The fraction of sp³-hybridized carbons (Fsp3) is 0.154. The van der Waals surface area contributed by atoms with E-state index in [-0.39, 0.29) is 17.1 Å². The molecule has 1 aliphatic rings. The first-order chi connectivity index (χ1) is 15.3. The number of ether oxygens (including phenoxy) is 1. The number of phenols is 1. The van der Waals surface area contributed by atoms with E-state index in [2.05, 4.69) is 0 Å². The molecule has 1 aliphatic heterocycles. The SMILES string of the molecule is COc1ccc(/C(O)=C2/C(=O)C(=O)N(c3cccc(C)c3)C2c2ccc(O)cc2)cc1C. The Morgan fingerprint density at radius 2 is 1.69 bits per heavy atom. The van der Waals surface area contributed by atoms with E-state index in [1.807, 2.05) is 32.0 Å². The second kappa shape index (κ2) is 8.23. The molecule has 32 heavy (non-hydrogen) atoms. The molecule has 0 aliphatic carbocycles. The van der Waals surface area contributed by atoms with Gasteiger partial charge in [0.05, 0.1) is 18.7 Å². The predicted octanol–water partition coefficient (Wildman–Crippen LogP) is 4.64. The van der Waals surface area contributed by atoms with E-state index in [0.29, 0.717) is 22.6 Å². The van der Waals surface area contributed by atoms with Crippen molar-refractivity contribution in [2.75, 3.05) is 12.0 Å². The second-order valence-corrected chi connectivity index (χ2v) is 7.78. The topological polar surface area (TPSA) is 87.1 Å². The number of aromatic hydroxyl groups is 1. The average molecular weight is 429 g/mol. The van der Waals surface area contributed by atoms with Crippen molar-refractivity contribution in [3.05, 3.63) is 94.6 Å². The van der Waals surface area contributed by atoms with Crippen LogP contribution in [0.15, 0.2) is 72.3 Å². The van der Waals surface area contributed by atoms with Crippen LogP contribution in [0, 0.1) is 13.8 Å². The third-order valence-corrected chi connectivity index (χ3v) is 5.60. The summed E-state index contributed by atoms with van der Waals surface area (Å²) in [6.07, 6.45) is 0. The third-order valence-electron chi connectivity index (χ3n) is 5.60. The van der Waals surface area contributed by atoms with Gasteiger partial charge in [-0.2, -0.15) is 0 Å². The van der Waals surface area contributed by atoms with Gasteiger partial charge in [0.2, 0.25) is 0 Å².